The van der Waals surface area contributed by atoms with Crippen LogP contribution in [0.4, 0.5) is 5.69 Å². The van der Waals surface area contributed by atoms with E-state index in [0.717, 1.165) is 17.9 Å². The minimum Gasteiger partial charge on any atom is -0.397 e. The smallest absolute Gasteiger partial charge is 0.230 e. The van der Waals surface area contributed by atoms with Gasteiger partial charge in [0.05, 0.1) is 22.7 Å². The van der Waals surface area contributed by atoms with Crippen LogP contribution in [-0.4, -0.2) is 22.7 Å². The molecule has 1 saturated carbocycles. The predicted octanol–water partition coefficient (Wildman–Crippen LogP) is 2.20. The lowest BCUT2D eigenvalue weighted by molar-refractivity contribution is -0.119. The van der Waals surface area contributed by atoms with Crippen LogP contribution in [0.2, 0.25) is 0 Å². The molecule has 1 aliphatic carbocycles. The lowest BCUT2D eigenvalue weighted by Gasteiger charge is -2.22. The second-order valence-corrected chi connectivity index (χ2v) is 5.62. The molecule has 3 N–H and O–H groups in total. The number of nitrogens with zero attached hydrogens (tertiary/aromatic N) is 1. The van der Waals surface area contributed by atoms with Gasteiger partial charge < -0.3 is 11.1 Å². The molecule has 18 heavy (non-hydrogen) atoms. The standard InChI is InChI=1S/C13H19N3OS/c14-10-6-7-13(15-8-10)18-9-12(17)16-11-4-2-1-3-5-11/h6-8,11H,1-5,9,14H2,(H,16,17). The van der Waals surface area contributed by atoms with E-state index in [1.165, 1.54) is 31.0 Å². The third-order valence-corrected chi connectivity index (χ3v) is 4.02. The van der Waals surface area contributed by atoms with E-state index < -0.39 is 0 Å². The number of anilines is 1. The van der Waals surface area contributed by atoms with Crippen molar-refractivity contribution in [3.05, 3.63) is 18.3 Å². The van der Waals surface area contributed by atoms with Gasteiger partial charge in [0.15, 0.2) is 0 Å². The Morgan fingerprint density at radius 1 is 1.39 bits per heavy atom. The Morgan fingerprint density at radius 2 is 2.17 bits per heavy atom. The predicted molar refractivity (Wildman–Crippen MR) is 74.4 cm³/mol. The summed E-state index contributed by atoms with van der Waals surface area (Å²) >= 11 is 1.45. The monoisotopic (exact) mass is 265 g/mol. The molecule has 1 aromatic heterocycles. The van der Waals surface area contributed by atoms with Gasteiger partial charge >= 0.3 is 0 Å². The number of thioether (sulfide) groups is 1. The maximum atomic E-state index is 11.8. The summed E-state index contributed by atoms with van der Waals surface area (Å²) in [5, 5.41) is 3.92. The zero-order valence-corrected chi connectivity index (χ0v) is 11.2. The number of carbonyl (C=O) groups excluding carboxylic acids is 1. The molecule has 0 unspecified atom stereocenters. The normalized spacial score (nSPS) is 16.4. The summed E-state index contributed by atoms with van der Waals surface area (Å²) in [5.74, 6) is 0.526. The molecule has 2 rings (SSSR count). The summed E-state index contributed by atoms with van der Waals surface area (Å²) in [6.07, 6.45) is 7.63. The van der Waals surface area contributed by atoms with Crippen LogP contribution < -0.4 is 11.1 Å². The van der Waals surface area contributed by atoms with Gasteiger partial charge in [0.2, 0.25) is 5.91 Å². The van der Waals surface area contributed by atoms with Crippen LogP contribution in [0, 0.1) is 0 Å². The van der Waals surface area contributed by atoms with E-state index in [-0.39, 0.29) is 5.91 Å². The Bertz CT molecular complexity index is 388. The zero-order chi connectivity index (χ0) is 12.8. The van der Waals surface area contributed by atoms with Gasteiger partial charge in [-0.2, -0.15) is 0 Å². The van der Waals surface area contributed by atoms with Crippen LogP contribution in [0.15, 0.2) is 23.4 Å². The van der Waals surface area contributed by atoms with Gasteiger partial charge in [-0.25, -0.2) is 4.98 Å². The second-order valence-electron chi connectivity index (χ2n) is 4.62. The Morgan fingerprint density at radius 3 is 2.83 bits per heavy atom. The van der Waals surface area contributed by atoms with Gasteiger partial charge in [-0.3, -0.25) is 4.79 Å². The number of carbonyl (C=O) groups is 1. The van der Waals surface area contributed by atoms with Crippen LogP contribution >= 0.6 is 11.8 Å². The Kier molecular flexibility index (Phi) is 4.87. The second kappa shape index (κ2) is 6.64. The molecule has 98 valence electrons. The number of nitrogens with one attached hydrogen (secondary N) is 1. The molecular formula is C13H19N3OS. The molecule has 1 amide bonds. The van der Waals surface area contributed by atoms with Gasteiger partial charge in [0, 0.05) is 6.04 Å². The van der Waals surface area contributed by atoms with Crippen molar-refractivity contribution in [3.63, 3.8) is 0 Å². The van der Waals surface area contributed by atoms with Crippen LogP contribution in [0.5, 0.6) is 0 Å². The van der Waals surface area contributed by atoms with E-state index in [2.05, 4.69) is 10.3 Å². The Hall–Kier alpha value is -1.23. The number of rotatable bonds is 4. The highest BCUT2D eigenvalue weighted by Crippen LogP contribution is 2.19. The van der Waals surface area contributed by atoms with E-state index in [1.54, 1.807) is 12.3 Å². The van der Waals surface area contributed by atoms with Gasteiger partial charge in [-0.15, -0.1) is 0 Å². The van der Waals surface area contributed by atoms with E-state index in [0.29, 0.717) is 17.5 Å². The fourth-order valence-electron chi connectivity index (χ4n) is 2.13. The fraction of sp³-hybridized carbons (Fsp3) is 0.538. The number of nitrogen functional groups attached to an aromatic ring is 1. The molecule has 1 aliphatic rings. The summed E-state index contributed by atoms with van der Waals surface area (Å²) in [6.45, 7) is 0. The number of amides is 1. The molecule has 0 aromatic carbocycles. The SMILES string of the molecule is Nc1ccc(SCC(=O)NC2CCCCC2)nc1. The van der Waals surface area contributed by atoms with E-state index >= 15 is 0 Å². The van der Waals surface area contributed by atoms with Gasteiger partial charge in [-0.05, 0) is 25.0 Å². The average Bonchev–Trinajstić information content (AvgIpc) is 2.39. The number of pyridine rings is 1. The summed E-state index contributed by atoms with van der Waals surface area (Å²) in [6, 6.07) is 4.02. The maximum Gasteiger partial charge on any atom is 0.230 e. The van der Waals surface area contributed by atoms with Crippen molar-refractivity contribution in [1.82, 2.24) is 10.3 Å². The van der Waals surface area contributed by atoms with Gasteiger partial charge in [0.25, 0.3) is 0 Å². The van der Waals surface area contributed by atoms with Crippen molar-refractivity contribution in [3.8, 4) is 0 Å². The lowest BCUT2D eigenvalue weighted by atomic mass is 9.95. The summed E-state index contributed by atoms with van der Waals surface area (Å²) in [7, 11) is 0. The maximum absolute atomic E-state index is 11.8. The average molecular weight is 265 g/mol. The minimum absolute atomic E-state index is 0.102. The van der Waals surface area contributed by atoms with Crippen LogP contribution in [0.25, 0.3) is 0 Å². The highest BCUT2D eigenvalue weighted by atomic mass is 32.2. The molecule has 0 spiro atoms. The molecule has 1 aromatic rings. The number of hydrogen-bond acceptors (Lipinski definition) is 4. The topological polar surface area (TPSA) is 68.0 Å². The molecule has 5 heteroatoms. The zero-order valence-electron chi connectivity index (χ0n) is 10.4. The Labute approximate surface area is 112 Å². The summed E-state index contributed by atoms with van der Waals surface area (Å²) < 4.78 is 0. The van der Waals surface area contributed by atoms with Crippen molar-refractivity contribution < 1.29 is 4.79 Å². The molecule has 4 nitrogen and oxygen atoms in total. The van der Waals surface area contributed by atoms with Crippen LogP contribution in [-0.2, 0) is 4.79 Å². The first-order valence-electron chi connectivity index (χ1n) is 6.38. The van der Waals surface area contributed by atoms with Gasteiger partial charge in [0.1, 0.15) is 0 Å². The molecule has 1 fully saturated rings. The molecule has 0 saturated heterocycles. The molecular weight excluding hydrogens is 246 g/mol. The molecule has 1 heterocycles. The molecule has 0 aliphatic heterocycles. The molecule has 0 radical (unpaired) electrons. The van der Waals surface area contributed by atoms with E-state index in [9.17, 15) is 4.79 Å². The summed E-state index contributed by atoms with van der Waals surface area (Å²) in [4.78, 5) is 15.9. The van der Waals surface area contributed by atoms with Crippen LogP contribution in [0.1, 0.15) is 32.1 Å². The lowest BCUT2D eigenvalue weighted by Crippen LogP contribution is -2.37. The van der Waals surface area contributed by atoms with Crippen molar-refractivity contribution in [2.24, 2.45) is 0 Å². The minimum atomic E-state index is 0.102. The van der Waals surface area contributed by atoms with Crippen molar-refractivity contribution in [1.29, 1.82) is 0 Å². The third-order valence-electron chi connectivity index (χ3n) is 3.08. The number of nitrogens with two attached hydrogens (primary N) is 1. The van der Waals surface area contributed by atoms with Gasteiger partial charge in [-0.1, -0.05) is 31.0 Å². The summed E-state index contributed by atoms with van der Waals surface area (Å²) in [5.41, 5.74) is 6.20. The largest absolute Gasteiger partial charge is 0.397 e. The fourth-order valence-corrected chi connectivity index (χ4v) is 2.79. The first-order valence-corrected chi connectivity index (χ1v) is 7.36. The molecule has 0 bridgehead atoms. The van der Waals surface area contributed by atoms with Crippen molar-refractivity contribution in [2.75, 3.05) is 11.5 Å². The quantitative estimate of drug-likeness (QED) is 0.819. The molecule has 0 atom stereocenters. The van der Waals surface area contributed by atoms with Crippen molar-refractivity contribution in [2.45, 2.75) is 43.2 Å². The van der Waals surface area contributed by atoms with Crippen molar-refractivity contribution >= 4 is 23.4 Å². The number of aromatic nitrogens is 1. The third kappa shape index (κ3) is 4.22. The highest BCUT2D eigenvalue weighted by molar-refractivity contribution is 7.99. The van der Waals surface area contributed by atoms with E-state index in [4.69, 9.17) is 5.73 Å². The highest BCUT2D eigenvalue weighted by Gasteiger charge is 2.15. The van der Waals surface area contributed by atoms with E-state index in [1.807, 2.05) is 6.07 Å². The first-order chi connectivity index (χ1) is 8.74. The number of hydrogen-bond donors (Lipinski definition) is 2. The first kappa shape index (κ1) is 13.2. The Balaban J connectivity index is 1.72. The van der Waals surface area contributed by atoms with Crippen LogP contribution in [0.3, 0.4) is 0 Å².